The lowest BCUT2D eigenvalue weighted by molar-refractivity contribution is -0.109. The Hall–Kier alpha value is -1.51. The number of rotatable bonds is 4. The van der Waals surface area contributed by atoms with Crippen LogP contribution in [0.15, 0.2) is 24.3 Å². The van der Waals surface area contributed by atoms with Gasteiger partial charge in [-0.15, -0.1) is 0 Å². The van der Waals surface area contributed by atoms with E-state index in [1.165, 1.54) is 0 Å². The van der Waals surface area contributed by atoms with Crippen LogP contribution in [0.5, 0.6) is 0 Å². The van der Waals surface area contributed by atoms with Crippen LogP contribution in [0.4, 0.5) is 5.69 Å². The molecule has 0 atom stereocenters. The summed E-state index contributed by atoms with van der Waals surface area (Å²) in [4.78, 5) is 9.98. The van der Waals surface area contributed by atoms with Gasteiger partial charge in [-0.2, -0.15) is 0 Å². The fraction of sp³-hybridized carbons (Fsp3) is 0.222. The van der Waals surface area contributed by atoms with Crippen molar-refractivity contribution < 1.29 is 4.79 Å². The maximum absolute atomic E-state index is 9.98. The third-order valence-electron chi connectivity index (χ3n) is 1.63. The zero-order valence-electron chi connectivity index (χ0n) is 7.00. The Morgan fingerprint density at radius 1 is 1.33 bits per heavy atom. The molecular formula is C9H12N2O. The maximum atomic E-state index is 9.98. The quantitative estimate of drug-likeness (QED) is 0.651. The first-order valence-electron chi connectivity index (χ1n) is 3.80. The van der Waals surface area contributed by atoms with Crippen molar-refractivity contribution in [3.8, 4) is 0 Å². The Bertz CT molecular complexity index is 243. The molecule has 2 N–H and O–H groups in total. The van der Waals surface area contributed by atoms with Crippen LogP contribution in [0, 0.1) is 0 Å². The molecular weight excluding hydrogens is 152 g/mol. The maximum Gasteiger partial charge on any atom is 0.207 e. The van der Waals surface area contributed by atoms with E-state index in [2.05, 4.69) is 10.6 Å². The van der Waals surface area contributed by atoms with E-state index < -0.39 is 0 Å². The fourth-order valence-corrected chi connectivity index (χ4v) is 0.949. The molecule has 1 rings (SSSR count). The number of hydrogen-bond acceptors (Lipinski definition) is 2. The van der Waals surface area contributed by atoms with Crippen LogP contribution in [0.2, 0.25) is 0 Å². The number of carbonyl (C=O) groups is 1. The number of hydrogen-bond donors (Lipinski definition) is 2. The van der Waals surface area contributed by atoms with Gasteiger partial charge >= 0.3 is 0 Å². The first-order chi connectivity index (χ1) is 5.86. The second-order valence-electron chi connectivity index (χ2n) is 2.45. The van der Waals surface area contributed by atoms with Gasteiger partial charge in [-0.1, -0.05) is 12.1 Å². The molecule has 0 unspecified atom stereocenters. The van der Waals surface area contributed by atoms with Gasteiger partial charge < -0.3 is 10.6 Å². The van der Waals surface area contributed by atoms with Crippen molar-refractivity contribution in [2.75, 3.05) is 12.4 Å². The minimum atomic E-state index is 0.591. The number of benzene rings is 1. The first-order valence-corrected chi connectivity index (χ1v) is 3.80. The second kappa shape index (κ2) is 4.38. The predicted molar refractivity (Wildman–Crippen MR) is 48.9 cm³/mol. The number of nitrogens with one attached hydrogen (secondary N) is 2. The minimum Gasteiger partial charge on any atom is -0.388 e. The van der Waals surface area contributed by atoms with Gasteiger partial charge in [0.2, 0.25) is 6.41 Å². The fourth-order valence-electron chi connectivity index (χ4n) is 0.949. The third-order valence-corrected chi connectivity index (χ3v) is 1.63. The summed E-state index contributed by atoms with van der Waals surface area (Å²) in [5, 5.41) is 5.62. The standard InChI is InChI=1S/C9H12N2O/c1-10-9-4-2-8(3-5-9)6-11-7-12/h2-5,7,10H,6H2,1H3,(H,11,12). The highest BCUT2D eigenvalue weighted by molar-refractivity contribution is 5.47. The van der Waals surface area contributed by atoms with E-state index in [1.807, 2.05) is 31.3 Å². The Kier molecular flexibility index (Phi) is 3.14. The molecule has 0 spiro atoms. The molecule has 0 saturated heterocycles. The van der Waals surface area contributed by atoms with Gasteiger partial charge in [-0.25, -0.2) is 0 Å². The molecule has 0 fully saturated rings. The Morgan fingerprint density at radius 3 is 2.50 bits per heavy atom. The summed E-state index contributed by atoms with van der Waals surface area (Å²) >= 11 is 0. The van der Waals surface area contributed by atoms with Crippen molar-refractivity contribution in [2.45, 2.75) is 6.54 Å². The van der Waals surface area contributed by atoms with Crippen molar-refractivity contribution in [2.24, 2.45) is 0 Å². The van der Waals surface area contributed by atoms with Crippen LogP contribution >= 0.6 is 0 Å². The largest absolute Gasteiger partial charge is 0.388 e. The average molecular weight is 164 g/mol. The highest BCUT2D eigenvalue weighted by Crippen LogP contribution is 2.07. The van der Waals surface area contributed by atoms with Crippen molar-refractivity contribution in [3.05, 3.63) is 29.8 Å². The van der Waals surface area contributed by atoms with Gasteiger partial charge in [0, 0.05) is 19.3 Å². The van der Waals surface area contributed by atoms with Gasteiger partial charge in [-0.05, 0) is 17.7 Å². The van der Waals surface area contributed by atoms with Crippen LogP contribution in [0.1, 0.15) is 5.56 Å². The SMILES string of the molecule is CNc1ccc(CNC=O)cc1. The van der Waals surface area contributed by atoms with Crippen LogP contribution in [-0.2, 0) is 11.3 Å². The smallest absolute Gasteiger partial charge is 0.207 e. The van der Waals surface area contributed by atoms with Crippen molar-refractivity contribution >= 4 is 12.1 Å². The van der Waals surface area contributed by atoms with E-state index >= 15 is 0 Å². The number of carbonyl (C=O) groups excluding carboxylic acids is 1. The lowest BCUT2D eigenvalue weighted by Crippen LogP contribution is -2.09. The van der Waals surface area contributed by atoms with Crippen molar-refractivity contribution in [1.82, 2.24) is 5.32 Å². The molecule has 1 amide bonds. The van der Waals surface area contributed by atoms with Crippen LogP contribution in [-0.4, -0.2) is 13.5 Å². The van der Waals surface area contributed by atoms with Gasteiger partial charge in [0.25, 0.3) is 0 Å². The van der Waals surface area contributed by atoms with E-state index in [0.717, 1.165) is 11.3 Å². The molecule has 3 nitrogen and oxygen atoms in total. The van der Waals surface area contributed by atoms with Gasteiger partial charge in [0.15, 0.2) is 0 Å². The van der Waals surface area contributed by atoms with Gasteiger partial charge in [-0.3, -0.25) is 4.79 Å². The molecule has 0 aliphatic rings. The lowest BCUT2D eigenvalue weighted by atomic mass is 10.2. The zero-order chi connectivity index (χ0) is 8.81. The van der Waals surface area contributed by atoms with Crippen molar-refractivity contribution in [1.29, 1.82) is 0 Å². The summed E-state index contributed by atoms with van der Waals surface area (Å²) in [6.45, 7) is 0.591. The summed E-state index contributed by atoms with van der Waals surface area (Å²) in [5.74, 6) is 0. The molecule has 3 heteroatoms. The Labute approximate surface area is 71.8 Å². The number of amides is 1. The Morgan fingerprint density at radius 2 is 2.00 bits per heavy atom. The minimum absolute atomic E-state index is 0.591. The van der Waals surface area contributed by atoms with Crippen LogP contribution in [0.25, 0.3) is 0 Å². The normalized spacial score (nSPS) is 9.08. The first kappa shape index (κ1) is 8.59. The lowest BCUT2D eigenvalue weighted by Gasteiger charge is -2.02. The molecule has 0 aromatic heterocycles. The molecule has 64 valence electrons. The summed E-state index contributed by atoms with van der Waals surface area (Å²) < 4.78 is 0. The van der Waals surface area contributed by atoms with Crippen molar-refractivity contribution in [3.63, 3.8) is 0 Å². The van der Waals surface area contributed by atoms with E-state index in [9.17, 15) is 4.79 Å². The summed E-state index contributed by atoms with van der Waals surface area (Å²) in [6, 6.07) is 7.90. The van der Waals surface area contributed by atoms with Crippen LogP contribution in [0.3, 0.4) is 0 Å². The summed E-state index contributed by atoms with van der Waals surface area (Å²) in [6.07, 6.45) is 0.700. The molecule has 0 bridgehead atoms. The molecule has 0 aliphatic carbocycles. The zero-order valence-corrected chi connectivity index (χ0v) is 7.00. The molecule has 1 aromatic carbocycles. The van der Waals surface area contributed by atoms with E-state index in [4.69, 9.17) is 0 Å². The highest BCUT2D eigenvalue weighted by Gasteiger charge is 1.90. The van der Waals surface area contributed by atoms with Gasteiger partial charge in [0.1, 0.15) is 0 Å². The number of anilines is 1. The molecule has 0 aliphatic heterocycles. The Balaban J connectivity index is 2.58. The molecule has 1 aromatic rings. The van der Waals surface area contributed by atoms with E-state index in [0.29, 0.717) is 13.0 Å². The molecule has 12 heavy (non-hydrogen) atoms. The van der Waals surface area contributed by atoms with E-state index in [1.54, 1.807) is 0 Å². The monoisotopic (exact) mass is 164 g/mol. The second-order valence-corrected chi connectivity index (χ2v) is 2.45. The average Bonchev–Trinajstić information content (AvgIpc) is 2.15. The summed E-state index contributed by atoms with van der Waals surface area (Å²) in [5.41, 5.74) is 2.17. The molecule has 0 heterocycles. The predicted octanol–water partition coefficient (Wildman–Crippen LogP) is 0.974. The topological polar surface area (TPSA) is 41.1 Å². The van der Waals surface area contributed by atoms with Gasteiger partial charge in [0.05, 0.1) is 0 Å². The van der Waals surface area contributed by atoms with E-state index in [-0.39, 0.29) is 0 Å². The molecule has 0 saturated carbocycles. The molecule has 0 radical (unpaired) electrons. The highest BCUT2D eigenvalue weighted by atomic mass is 16.1. The summed E-state index contributed by atoms with van der Waals surface area (Å²) in [7, 11) is 1.87. The third kappa shape index (κ3) is 2.27. The van der Waals surface area contributed by atoms with Crippen LogP contribution < -0.4 is 10.6 Å².